The van der Waals surface area contributed by atoms with Crippen LogP contribution in [0.2, 0.25) is 5.02 Å². The summed E-state index contributed by atoms with van der Waals surface area (Å²) in [6.45, 7) is 0. The van der Waals surface area contributed by atoms with Crippen LogP contribution in [-0.2, 0) is 0 Å². The lowest BCUT2D eigenvalue weighted by Gasteiger charge is -2.12. The Morgan fingerprint density at radius 2 is 1.79 bits per heavy atom. The number of ketones is 1. The van der Waals surface area contributed by atoms with Gasteiger partial charge in [-0.15, -0.1) is 0 Å². The van der Waals surface area contributed by atoms with E-state index in [0.29, 0.717) is 27.9 Å². The average Bonchev–Trinajstić information content (AvgIpc) is 2.73. The van der Waals surface area contributed by atoms with E-state index >= 15 is 0 Å². The fraction of sp³-hybridized carbons (Fsp3) is 0.0909. The van der Waals surface area contributed by atoms with Crippen LogP contribution in [0, 0.1) is 0 Å². The summed E-state index contributed by atoms with van der Waals surface area (Å²) in [6, 6.07) is 16.0. The number of rotatable bonds is 7. The summed E-state index contributed by atoms with van der Waals surface area (Å²) in [5.74, 6) is 1.76. The van der Waals surface area contributed by atoms with Crippen molar-refractivity contribution in [1.82, 2.24) is 4.98 Å². The fourth-order valence-electron chi connectivity index (χ4n) is 2.58. The number of anilines is 2. The maximum absolute atomic E-state index is 12.4. The maximum atomic E-state index is 12.4. The Morgan fingerprint density at radius 1 is 1.04 bits per heavy atom. The fourth-order valence-corrected chi connectivity index (χ4v) is 2.71. The first-order chi connectivity index (χ1) is 13.6. The Bertz CT molecular complexity index is 1000. The van der Waals surface area contributed by atoms with Gasteiger partial charge in [0.1, 0.15) is 5.82 Å². The summed E-state index contributed by atoms with van der Waals surface area (Å²) in [5.41, 5.74) is 2.13. The van der Waals surface area contributed by atoms with Crippen LogP contribution in [0.25, 0.3) is 6.08 Å². The number of hydrogen-bond donors (Lipinski definition) is 1. The standard InChI is InChI=1S/C22H19ClN2O3/c1-27-20-12-10-18(14-21(20)28-2)25-22-16(4-3-13-24-22)7-11-19(26)15-5-8-17(23)9-6-15/h3-14H,1-2H3,(H,24,25). The number of carbonyl (C=O) groups excluding carboxylic acids is 1. The van der Waals surface area contributed by atoms with E-state index in [0.717, 1.165) is 11.3 Å². The monoisotopic (exact) mass is 394 g/mol. The summed E-state index contributed by atoms with van der Waals surface area (Å²) >= 11 is 5.87. The van der Waals surface area contributed by atoms with Gasteiger partial charge in [-0.25, -0.2) is 4.98 Å². The lowest BCUT2D eigenvalue weighted by atomic mass is 10.1. The third-order valence-electron chi connectivity index (χ3n) is 4.03. The van der Waals surface area contributed by atoms with Crippen LogP contribution in [0.3, 0.4) is 0 Å². The Morgan fingerprint density at radius 3 is 2.50 bits per heavy atom. The molecular formula is C22H19ClN2O3. The molecule has 1 N–H and O–H groups in total. The molecule has 0 unspecified atom stereocenters. The van der Waals surface area contributed by atoms with Gasteiger partial charge in [-0.05, 0) is 60.7 Å². The number of ether oxygens (including phenoxy) is 2. The molecule has 0 saturated heterocycles. The minimum Gasteiger partial charge on any atom is -0.493 e. The van der Waals surface area contributed by atoms with E-state index in [9.17, 15) is 4.79 Å². The van der Waals surface area contributed by atoms with E-state index in [2.05, 4.69) is 10.3 Å². The van der Waals surface area contributed by atoms with Crippen molar-refractivity contribution in [3.05, 3.63) is 83.0 Å². The van der Waals surface area contributed by atoms with Crippen LogP contribution >= 0.6 is 11.6 Å². The summed E-state index contributed by atoms with van der Waals surface area (Å²) in [7, 11) is 3.17. The first-order valence-electron chi connectivity index (χ1n) is 8.53. The number of nitrogens with zero attached hydrogens (tertiary/aromatic N) is 1. The van der Waals surface area contributed by atoms with Crippen molar-refractivity contribution < 1.29 is 14.3 Å². The highest BCUT2D eigenvalue weighted by atomic mass is 35.5. The van der Waals surface area contributed by atoms with Gasteiger partial charge < -0.3 is 14.8 Å². The van der Waals surface area contributed by atoms with Crippen LogP contribution in [0.1, 0.15) is 15.9 Å². The van der Waals surface area contributed by atoms with E-state index in [1.165, 1.54) is 6.08 Å². The zero-order chi connectivity index (χ0) is 19.9. The van der Waals surface area contributed by atoms with Gasteiger partial charge >= 0.3 is 0 Å². The molecule has 3 rings (SSSR count). The smallest absolute Gasteiger partial charge is 0.185 e. The molecule has 0 aliphatic rings. The molecular weight excluding hydrogens is 376 g/mol. The first-order valence-corrected chi connectivity index (χ1v) is 8.90. The van der Waals surface area contributed by atoms with Crippen molar-refractivity contribution >= 4 is 35.0 Å². The zero-order valence-electron chi connectivity index (χ0n) is 15.5. The summed E-state index contributed by atoms with van der Waals surface area (Å²) in [5, 5.41) is 3.83. The number of carbonyl (C=O) groups is 1. The Kier molecular flexibility index (Phi) is 6.29. The number of nitrogens with one attached hydrogen (secondary N) is 1. The van der Waals surface area contributed by atoms with Crippen molar-refractivity contribution in [3.63, 3.8) is 0 Å². The molecule has 6 heteroatoms. The molecule has 0 spiro atoms. The van der Waals surface area contributed by atoms with Crippen molar-refractivity contribution in [2.75, 3.05) is 19.5 Å². The second kappa shape index (κ2) is 9.06. The molecule has 1 heterocycles. The largest absolute Gasteiger partial charge is 0.493 e. The van der Waals surface area contributed by atoms with Gasteiger partial charge in [0.15, 0.2) is 17.3 Å². The van der Waals surface area contributed by atoms with Crippen LogP contribution in [0.15, 0.2) is 66.9 Å². The SMILES string of the molecule is COc1ccc(Nc2ncccc2C=CC(=O)c2ccc(Cl)cc2)cc1OC. The number of aromatic nitrogens is 1. The molecule has 2 aromatic carbocycles. The normalized spacial score (nSPS) is 10.7. The molecule has 0 atom stereocenters. The van der Waals surface area contributed by atoms with Crippen LogP contribution < -0.4 is 14.8 Å². The van der Waals surface area contributed by atoms with Crippen LogP contribution in [0.5, 0.6) is 11.5 Å². The maximum Gasteiger partial charge on any atom is 0.185 e. The Balaban J connectivity index is 1.81. The quantitative estimate of drug-likeness (QED) is 0.430. The molecule has 0 amide bonds. The van der Waals surface area contributed by atoms with E-state index in [4.69, 9.17) is 21.1 Å². The molecule has 0 aliphatic carbocycles. The molecule has 0 radical (unpaired) electrons. The average molecular weight is 395 g/mol. The molecule has 3 aromatic rings. The Hall–Kier alpha value is -3.31. The summed E-state index contributed by atoms with van der Waals surface area (Å²) < 4.78 is 10.6. The van der Waals surface area contributed by atoms with Crippen LogP contribution in [0.4, 0.5) is 11.5 Å². The molecule has 0 fully saturated rings. The second-order valence-electron chi connectivity index (χ2n) is 5.84. The highest BCUT2D eigenvalue weighted by Gasteiger charge is 2.07. The molecule has 28 heavy (non-hydrogen) atoms. The van der Waals surface area contributed by atoms with Gasteiger partial charge in [0.2, 0.25) is 0 Å². The van der Waals surface area contributed by atoms with Crippen molar-refractivity contribution in [3.8, 4) is 11.5 Å². The molecule has 0 aliphatic heterocycles. The topological polar surface area (TPSA) is 60.5 Å². The minimum atomic E-state index is -0.113. The van der Waals surface area contributed by atoms with E-state index < -0.39 is 0 Å². The predicted molar refractivity (Wildman–Crippen MR) is 112 cm³/mol. The molecule has 142 valence electrons. The number of methoxy groups -OCH3 is 2. The number of hydrogen-bond acceptors (Lipinski definition) is 5. The van der Waals surface area contributed by atoms with E-state index in [-0.39, 0.29) is 5.78 Å². The number of benzene rings is 2. The molecule has 1 aromatic heterocycles. The number of allylic oxidation sites excluding steroid dienone is 1. The third kappa shape index (κ3) is 4.69. The van der Waals surface area contributed by atoms with Gasteiger partial charge in [0, 0.05) is 34.1 Å². The van der Waals surface area contributed by atoms with Crippen molar-refractivity contribution in [2.45, 2.75) is 0 Å². The molecule has 0 saturated carbocycles. The van der Waals surface area contributed by atoms with E-state index in [1.807, 2.05) is 30.3 Å². The number of halogens is 1. The van der Waals surface area contributed by atoms with Crippen molar-refractivity contribution in [1.29, 1.82) is 0 Å². The summed E-state index contributed by atoms with van der Waals surface area (Å²) in [6.07, 6.45) is 4.93. The highest BCUT2D eigenvalue weighted by Crippen LogP contribution is 2.31. The third-order valence-corrected chi connectivity index (χ3v) is 4.28. The van der Waals surface area contributed by atoms with Gasteiger partial charge in [-0.2, -0.15) is 0 Å². The van der Waals surface area contributed by atoms with Gasteiger partial charge in [0.05, 0.1) is 14.2 Å². The van der Waals surface area contributed by atoms with Crippen LogP contribution in [-0.4, -0.2) is 25.0 Å². The van der Waals surface area contributed by atoms with Gasteiger partial charge in [-0.1, -0.05) is 11.6 Å². The number of pyridine rings is 1. The minimum absolute atomic E-state index is 0.113. The Labute approximate surface area is 168 Å². The van der Waals surface area contributed by atoms with Gasteiger partial charge in [0.25, 0.3) is 0 Å². The molecule has 5 nitrogen and oxygen atoms in total. The molecule has 0 bridgehead atoms. The summed E-state index contributed by atoms with van der Waals surface area (Å²) in [4.78, 5) is 16.7. The van der Waals surface area contributed by atoms with E-state index in [1.54, 1.807) is 50.8 Å². The first kappa shape index (κ1) is 19.5. The highest BCUT2D eigenvalue weighted by molar-refractivity contribution is 6.30. The lowest BCUT2D eigenvalue weighted by Crippen LogP contribution is -1.98. The zero-order valence-corrected chi connectivity index (χ0v) is 16.2. The predicted octanol–water partition coefficient (Wildman–Crippen LogP) is 5.39. The lowest BCUT2D eigenvalue weighted by molar-refractivity contribution is 0.104. The van der Waals surface area contributed by atoms with Gasteiger partial charge in [-0.3, -0.25) is 4.79 Å². The van der Waals surface area contributed by atoms with Crippen molar-refractivity contribution in [2.24, 2.45) is 0 Å². The second-order valence-corrected chi connectivity index (χ2v) is 6.28.